The van der Waals surface area contributed by atoms with Crippen LogP contribution in [0.25, 0.3) is 0 Å². The highest BCUT2D eigenvalue weighted by Gasteiger charge is 2.12. The van der Waals surface area contributed by atoms with Crippen molar-refractivity contribution in [3.63, 3.8) is 0 Å². The first-order valence-electron chi connectivity index (χ1n) is 10.1. The standard InChI is InChI=1S/C24H30N4S/c1-16(2)13-17(3)25-22-12-11-21(28-20-9-7-6-8-10-20)15-23(22)29-24-26-18(4)14-19(5)27-24/h6-12,14-17,25,28H,13H2,1-5H3. The molecule has 1 unspecified atom stereocenters. The molecule has 5 heteroatoms. The Morgan fingerprint density at radius 1 is 0.862 bits per heavy atom. The summed E-state index contributed by atoms with van der Waals surface area (Å²) < 4.78 is 0. The van der Waals surface area contributed by atoms with Gasteiger partial charge in [0.05, 0.1) is 0 Å². The molecule has 0 saturated carbocycles. The maximum atomic E-state index is 4.62. The number of hydrogen-bond donors (Lipinski definition) is 2. The molecule has 0 aliphatic rings. The number of nitrogens with zero attached hydrogens (tertiary/aromatic N) is 2. The molecule has 1 atom stereocenters. The minimum atomic E-state index is 0.391. The van der Waals surface area contributed by atoms with Crippen LogP contribution in [-0.2, 0) is 0 Å². The first-order chi connectivity index (χ1) is 13.9. The summed E-state index contributed by atoms with van der Waals surface area (Å²) in [7, 11) is 0. The van der Waals surface area contributed by atoms with Crippen molar-refractivity contribution in [3.05, 3.63) is 66.0 Å². The van der Waals surface area contributed by atoms with Gasteiger partial charge < -0.3 is 10.6 Å². The topological polar surface area (TPSA) is 49.8 Å². The maximum absolute atomic E-state index is 4.62. The molecule has 0 amide bonds. The first-order valence-corrected chi connectivity index (χ1v) is 10.9. The Kier molecular flexibility index (Phi) is 7.15. The summed E-state index contributed by atoms with van der Waals surface area (Å²) in [5.74, 6) is 0.648. The highest BCUT2D eigenvalue weighted by atomic mass is 32.2. The van der Waals surface area contributed by atoms with Crippen molar-refractivity contribution < 1.29 is 0 Å². The number of hydrogen-bond acceptors (Lipinski definition) is 5. The third kappa shape index (κ3) is 6.50. The van der Waals surface area contributed by atoms with Gasteiger partial charge in [-0.1, -0.05) is 32.0 Å². The zero-order valence-electron chi connectivity index (χ0n) is 17.9. The predicted octanol–water partition coefficient (Wildman–Crippen LogP) is 6.83. The summed E-state index contributed by atoms with van der Waals surface area (Å²) in [6.45, 7) is 10.8. The lowest BCUT2D eigenvalue weighted by Crippen LogP contribution is -2.17. The van der Waals surface area contributed by atoms with E-state index in [1.165, 1.54) is 0 Å². The second-order valence-electron chi connectivity index (χ2n) is 7.91. The van der Waals surface area contributed by atoms with Crippen LogP contribution in [0.5, 0.6) is 0 Å². The van der Waals surface area contributed by atoms with E-state index < -0.39 is 0 Å². The number of para-hydroxylation sites is 1. The number of benzene rings is 2. The van der Waals surface area contributed by atoms with Gasteiger partial charge in [-0.05, 0) is 81.3 Å². The first kappa shape index (κ1) is 21.2. The summed E-state index contributed by atoms with van der Waals surface area (Å²) in [6.07, 6.45) is 1.12. The molecule has 0 bridgehead atoms. The van der Waals surface area contributed by atoms with Crippen LogP contribution in [0.3, 0.4) is 0 Å². The minimum absolute atomic E-state index is 0.391. The Labute approximate surface area is 178 Å². The van der Waals surface area contributed by atoms with Crippen molar-refractivity contribution in [3.8, 4) is 0 Å². The van der Waals surface area contributed by atoms with Crippen molar-refractivity contribution in [1.29, 1.82) is 0 Å². The third-order valence-electron chi connectivity index (χ3n) is 4.43. The van der Waals surface area contributed by atoms with E-state index in [1.807, 2.05) is 38.1 Å². The van der Waals surface area contributed by atoms with Gasteiger partial charge in [0.15, 0.2) is 5.16 Å². The summed E-state index contributed by atoms with van der Waals surface area (Å²) in [5, 5.41) is 7.94. The van der Waals surface area contributed by atoms with E-state index in [1.54, 1.807) is 11.8 Å². The van der Waals surface area contributed by atoms with Gasteiger partial charge in [-0.3, -0.25) is 0 Å². The average molecular weight is 407 g/mol. The molecular formula is C24H30N4S. The third-order valence-corrected chi connectivity index (χ3v) is 5.36. The molecule has 0 fully saturated rings. The van der Waals surface area contributed by atoms with Crippen LogP contribution in [-0.4, -0.2) is 16.0 Å². The van der Waals surface area contributed by atoms with E-state index in [0.717, 1.165) is 44.9 Å². The second-order valence-corrected chi connectivity index (χ2v) is 8.92. The zero-order chi connectivity index (χ0) is 20.8. The molecule has 1 aromatic heterocycles. The van der Waals surface area contributed by atoms with Gasteiger partial charge in [0.2, 0.25) is 0 Å². The zero-order valence-corrected chi connectivity index (χ0v) is 18.7. The number of anilines is 3. The Hall–Kier alpha value is -2.53. The van der Waals surface area contributed by atoms with E-state index in [2.05, 4.69) is 71.7 Å². The predicted molar refractivity (Wildman–Crippen MR) is 124 cm³/mol. The minimum Gasteiger partial charge on any atom is -0.382 e. The molecule has 152 valence electrons. The highest BCUT2D eigenvalue weighted by molar-refractivity contribution is 7.99. The van der Waals surface area contributed by atoms with Gasteiger partial charge in [-0.15, -0.1) is 0 Å². The second kappa shape index (κ2) is 9.79. The largest absolute Gasteiger partial charge is 0.382 e. The van der Waals surface area contributed by atoms with E-state index in [4.69, 9.17) is 0 Å². The molecule has 3 aromatic rings. The van der Waals surface area contributed by atoms with Gasteiger partial charge in [0.25, 0.3) is 0 Å². The number of rotatable bonds is 8. The van der Waals surface area contributed by atoms with Crippen LogP contribution >= 0.6 is 11.8 Å². The monoisotopic (exact) mass is 406 g/mol. The van der Waals surface area contributed by atoms with E-state index in [-0.39, 0.29) is 0 Å². The molecule has 29 heavy (non-hydrogen) atoms. The summed E-state index contributed by atoms with van der Waals surface area (Å²) >= 11 is 1.60. The van der Waals surface area contributed by atoms with Crippen LogP contribution in [0.2, 0.25) is 0 Å². The van der Waals surface area contributed by atoms with E-state index in [0.29, 0.717) is 12.0 Å². The van der Waals surface area contributed by atoms with Crippen LogP contribution in [0.1, 0.15) is 38.6 Å². The van der Waals surface area contributed by atoms with E-state index >= 15 is 0 Å². The quantitative estimate of drug-likeness (QED) is 0.401. The molecule has 2 N–H and O–H groups in total. The lowest BCUT2D eigenvalue weighted by Gasteiger charge is -2.20. The van der Waals surface area contributed by atoms with Crippen molar-refractivity contribution in [1.82, 2.24) is 9.97 Å². The molecule has 2 aromatic carbocycles. The van der Waals surface area contributed by atoms with Gasteiger partial charge >= 0.3 is 0 Å². The normalized spacial score (nSPS) is 12.1. The van der Waals surface area contributed by atoms with Gasteiger partial charge in [0.1, 0.15) is 0 Å². The molecule has 0 aliphatic heterocycles. The Bertz CT molecular complexity index is 921. The van der Waals surface area contributed by atoms with Crippen molar-refractivity contribution in [2.75, 3.05) is 10.6 Å². The fraction of sp³-hybridized carbons (Fsp3) is 0.333. The molecule has 1 heterocycles. The summed E-state index contributed by atoms with van der Waals surface area (Å²) in [5.41, 5.74) is 5.21. The fourth-order valence-corrected chi connectivity index (χ4v) is 4.36. The van der Waals surface area contributed by atoms with Gasteiger partial charge in [0, 0.05) is 39.4 Å². The molecule has 0 aliphatic carbocycles. The molecule has 3 rings (SSSR count). The lowest BCUT2D eigenvalue weighted by molar-refractivity contribution is 0.539. The molecular weight excluding hydrogens is 376 g/mol. The highest BCUT2D eigenvalue weighted by Crippen LogP contribution is 2.35. The number of aromatic nitrogens is 2. The molecule has 0 saturated heterocycles. The van der Waals surface area contributed by atoms with Crippen molar-refractivity contribution in [2.24, 2.45) is 5.92 Å². The van der Waals surface area contributed by atoms with Gasteiger partial charge in [-0.2, -0.15) is 0 Å². The van der Waals surface area contributed by atoms with Gasteiger partial charge in [-0.25, -0.2) is 9.97 Å². The Morgan fingerprint density at radius 3 is 2.21 bits per heavy atom. The molecule has 4 nitrogen and oxygen atoms in total. The maximum Gasteiger partial charge on any atom is 0.192 e. The average Bonchev–Trinajstić information content (AvgIpc) is 2.63. The summed E-state index contributed by atoms with van der Waals surface area (Å²) in [4.78, 5) is 10.3. The Morgan fingerprint density at radius 2 is 1.55 bits per heavy atom. The van der Waals surface area contributed by atoms with Crippen LogP contribution < -0.4 is 10.6 Å². The number of aryl methyl sites for hydroxylation is 2. The van der Waals surface area contributed by atoms with Crippen LogP contribution in [0.15, 0.2) is 64.6 Å². The van der Waals surface area contributed by atoms with E-state index in [9.17, 15) is 0 Å². The SMILES string of the molecule is Cc1cc(C)nc(Sc2cc(Nc3ccccc3)ccc2NC(C)CC(C)C)n1. The van der Waals surface area contributed by atoms with Crippen LogP contribution in [0, 0.1) is 19.8 Å². The summed E-state index contributed by atoms with van der Waals surface area (Å²) in [6, 6.07) is 19.0. The lowest BCUT2D eigenvalue weighted by atomic mass is 10.1. The fourth-order valence-electron chi connectivity index (χ4n) is 3.36. The number of nitrogens with one attached hydrogen (secondary N) is 2. The van der Waals surface area contributed by atoms with Crippen molar-refractivity contribution >= 4 is 28.8 Å². The Balaban J connectivity index is 1.89. The van der Waals surface area contributed by atoms with Crippen LogP contribution in [0.4, 0.5) is 17.1 Å². The molecule has 0 radical (unpaired) electrons. The smallest absolute Gasteiger partial charge is 0.192 e. The van der Waals surface area contributed by atoms with Crippen molar-refractivity contribution in [2.45, 2.75) is 57.1 Å². The molecule has 0 spiro atoms.